The molecule has 0 aliphatic carbocycles. The number of unbranched alkanes of at least 4 members (excludes halogenated alkanes) is 3. The minimum atomic E-state index is -0.576. The summed E-state index contributed by atoms with van der Waals surface area (Å²) in [6, 6.07) is 6.43. The summed E-state index contributed by atoms with van der Waals surface area (Å²) in [6.07, 6.45) is 3.99. The van der Waals surface area contributed by atoms with Crippen LogP contribution in [0.25, 0.3) is 0 Å². The van der Waals surface area contributed by atoms with Gasteiger partial charge in [-0.05, 0) is 18.6 Å². The Balaban J connectivity index is 1.93. The van der Waals surface area contributed by atoms with E-state index in [4.69, 9.17) is 4.84 Å². The van der Waals surface area contributed by atoms with Crippen LogP contribution in [0.15, 0.2) is 24.3 Å². The van der Waals surface area contributed by atoms with Gasteiger partial charge in [0.15, 0.2) is 0 Å². The molecular weight excluding hydrogens is 258 g/mol. The highest BCUT2D eigenvalue weighted by molar-refractivity contribution is 6.20. The van der Waals surface area contributed by atoms with E-state index < -0.39 is 17.8 Å². The van der Waals surface area contributed by atoms with Crippen LogP contribution in [0.1, 0.15) is 59.7 Å². The number of carbonyl (C=O) groups excluding carboxylic acids is 3. The number of hydroxylamine groups is 2. The van der Waals surface area contributed by atoms with Crippen LogP contribution in [-0.4, -0.2) is 22.8 Å². The standard InChI is InChI=1S/C15H17NO4/c1-2-3-4-5-10-13(17)20-16-14(18)11-8-6-7-9-12(11)15(16)19/h6-9H,2-5,10H2,1H3. The lowest BCUT2D eigenvalue weighted by molar-refractivity contribution is -0.168. The van der Waals surface area contributed by atoms with Crippen molar-refractivity contribution in [2.45, 2.75) is 39.0 Å². The summed E-state index contributed by atoms with van der Waals surface area (Å²) in [5.41, 5.74) is 0.549. The van der Waals surface area contributed by atoms with Crippen molar-refractivity contribution in [3.05, 3.63) is 35.4 Å². The van der Waals surface area contributed by atoms with E-state index in [1.165, 1.54) is 0 Å². The molecule has 106 valence electrons. The number of rotatable bonds is 6. The van der Waals surface area contributed by atoms with Crippen LogP contribution >= 0.6 is 0 Å². The molecule has 1 aromatic rings. The number of imide groups is 1. The summed E-state index contributed by atoms with van der Waals surface area (Å²) >= 11 is 0. The number of fused-ring (bicyclic) bond motifs is 1. The highest BCUT2D eigenvalue weighted by Gasteiger charge is 2.38. The third kappa shape index (κ3) is 2.87. The molecule has 5 heteroatoms. The monoisotopic (exact) mass is 275 g/mol. The van der Waals surface area contributed by atoms with Gasteiger partial charge in [-0.1, -0.05) is 43.4 Å². The summed E-state index contributed by atoms with van der Waals surface area (Å²) in [4.78, 5) is 40.4. The zero-order chi connectivity index (χ0) is 14.5. The molecule has 1 aromatic carbocycles. The summed E-state index contributed by atoms with van der Waals surface area (Å²) < 4.78 is 0. The zero-order valence-electron chi connectivity index (χ0n) is 11.4. The third-order valence-electron chi connectivity index (χ3n) is 3.18. The minimum Gasteiger partial charge on any atom is -0.330 e. The third-order valence-corrected chi connectivity index (χ3v) is 3.18. The molecule has 0 N–H and O–H groups in total. The van der Waals surface area contributed by atoms with E-state index in [9.17, 15) is 14.4 Å². The molecule has 0 spiro atoms. The number of amides is 2. The van der Waals surface area contributed by atoms with Crippen molar-refractivity contribution in [3.8, 4) is 0 Å². The van der Waals surface area contributed by atoms with Gasteiger partial charge in [-0.15, -0.1) is 0 Å². The average Bonchev–Trinajstić information content (AvgIpc) is 2.69. The van der Waals surface area contributed by atoms with Gasteiger partial charge in [0.25, 0.3) is 11.8 Å². The maximum atomic E-state index is 11.9. The largest absolute Gasteiger partial charge is 0.333 e. The van der Waals surface area contributed by atoms with Crippen molar-refractivity contribution < 1.29 is 19.2 Å². The fraction of sp³-hybridized carbons (Fsp3) is 0.400. The van der Waals surface area contributed by atoms with Crippen molar-refractivity contribution in [2.75, 3.05) is 0 Å². The Morgan fingerprint density at radius 2 is 1.65 bits per heavy atom. The fourth-order valence-corrected chi connectivity index (χ4v) is 2.09. The molecule has 0 radical (unpaired) electrons. The van der Waals surface area contributed by atoms with Gasteiger partial charge in [0.2, 0.25) is 0 Å². The van der Waals surface area contributed by atoms with Gasteiger partial charge >= 0.3 is 5.97 Å². The van der Waals surface area contributed by atoms with Crippen molar-refractivity contribution in [1.29, 1.82) is 0 Å². The molecule has 5 nitrogen and oxygen atoms in total. The van der Waals surface area contributed by atoms with Crippen LogP contribution < -0.4 is 0 Å². The topological polar surface area (TPSA) is 63.7 Å². The number of hydrogen-bond donors (Lipinski definition) is 0. The van der Waals surface area contributed by atoms with E-state index >= 15 is 0 Å². The molecule has 0 aromatic heterocycles. The lowest BCUT2D eigenvalue weighted by Crippen LogP contribution is -2.32. The van der Waals surface area contributed by atoms with Gasteiger partial charge in [0.1, 0.15) is 0 Å². The number of nitrogens with zero attached hydrogens (tertiary/aromatic N) is 1. The van der Waals surface area contributed by atoms with Gasteiger partial charge < -0.3 is 4.84 Å². The van der Waals surface area contributed by atoms with Gasteiger partial charge in [0, 0.05) is 6.42 Å². The van der Waals surface area contributed by atoms with Crippen molar-refractivity contribution in [1.82, 2.24) is 5.06 Å². The van der Waals surface area contributed by atoms with E-state index in [1.807, 2.05) is 0 Å². The molecule has 0 bridgehead atoms. The lowest BCUT2D eigenvalue weighted by Gasteiger charge is -2.12. The van der Waals surface area contributed by atoms with Crippen LogP contribution in [-0.2, 0) is 9.63 Å². The van der Waals surface area contributed by atoms with Crippen LogP contribution in [0.5, 0.6) is 0 Å². The second kappa shape index (κ2) is 6.32. The van der Waals surface area contributed by atoms with E-state index in [-0.39, 0.29) is 17.5 Å². The molecule has 0 fully saturated rings. The second-order valence-corrected chi connectivity index (χ2v) is 4.72. The molecule has 2 amide bonds. The maximum absolute atomic E-state index is 11.9. The van der Waals surface area contributed by atoms with Crippen molar-refractivity contribution in [3.63, 3.8) is 0 Å². The Labute approximate surface area is 117 Å². The molecular formula is C15H17NO4. The number of benzene rings is 1. The highest BCUT2D eigenvalue weighted by atomic mass is 16.7. The van der Waals surface area contributed by atoms with Gasteiger partial charge in [-0.25, -0.2) is 4.79 Å². The van der Waals surface area contributed by atoms with Gasteiger partial charge in [-0.3, -0.25) is 9.59 Å². The molecule has 0 saturated carbocycles. The molecule has 1 aliphatic rings. The number of hydrogen-bond acceptors (Lipinski definition) is 4. The molecule has 1 aliphatic heterocycles. The average molecular weight is 275 g/mol. The first kappa shape index (κ1) is 14.2. The smallest absolute Gasteiger partial charge is 0.330 e. The second-order valence-electron chi connectivity index (χ2n) is 4.72. The maximum Gasteiger partial charge on any atom is 0.333 e. The Morgan fingerprint density at radius 3 is 2.20 bits per heavy atom. The van der Waals surface area contributed by atoms with Crippen LogP contribution in [0, 0.1) is 0 Å². The van der Waals surface area contributed by atoms with Crippen LogP contribution in [0.3, 0.4) is 0 Å². The van der Waals surface area contributed by atoms with Gasteiger partial charge in [-0.2, -0.15) is 0 Å². The fourth-order valence-electron chi connectivity index (χ4n) is 2.09. The highest BCUT2D eigenvalue weighted by Crippen LogP contribution is 2.23. The molecule has 20 heavy (non-hydrogen) atoms. The van der Waals surface area contributed by atoms with Crippen LogP contribution in [0.4, 0.5) is 0 Å². The minimum absolute atomic E-state index is 0.216. The zero-order valence-corrected chi connectivity index (χ0v) is 11.4. The quantitative estimate of drug-likeness (QED) is 0.591. The molecule has 2 rings (SSSR count). The predicted molar refractivity (Wildman–Crippen MR) is 71.8 cm³/mol. The lowest BCUT2D eigenvalue weighted by atomic mass is 10.1. The summed E-state index contributed by atoms with van der Waals surface area (Å²) in [5.74, 6) is -1.70. The first-order valence-electron chi connectivity index (χ1n) is 6.83. The molecule has 1 heterocycles. The first-order chi connectivity index (χ1) is 9.65. The summed E-state index contributed by atoms with van der Waals surface area (Å²) in [5, 5.41) is 0.562. The SMILES string of the molecule is CCCCCCC(=O)ON1C(=O)c2ccccc2C1=O. The van der Waals surface area contributed by atoms with Crippen LogP contribution in [0.2, 0.25) is 0 Å². The summed E-state index contributed by atoms with van der Waals surface area (Å²) in [7, 11) is 0. The Kier molecular flexibility index (Phi) is 4.50. The van der Waals surface area contributed by atoms with E-state index in [1.54, 1.807) is 24.3 Å². The Morgan fingerprint density at radius 1 is 1.05 bits per heavy atom. The molecule has 0 atom stereocenters. The molecule has 0 unspecified atom stereocenters. The van der Waals surface area contributed by atoms with Crippen molar-refractivity contribution in [2.24, 2.45) is 0 Å². The van der Waals surface area contributed by atoms with Gasteiger partial charge in [0.05, 0.1) is 11.1 Å². The Bertz CT molecular complexity index is 503. The van der Waals surface area contributed by atoms with E-state index in [2.05, 4.69) is 6.92 Å². The van der Waals surface area contributed by atoms with Crippen molar-refractivity contribution >= 4 is 17.8 Å². The Hall–Kier alpha value is -2.17. The normalized spacial score (nSPS) is 13.6. The summed E-state index contributed by atoms with van der Waals surface area (Å²) in [6.45, 7) is 2.08. The number of carbonyl (C=O) groups is 3. The predicted octanol–water partition coefficient (Wildman–Crippen LogP) is 2.71. The van der Waals surface area contributed by atoms with E-state index in [0.717, 1.165) is 19.3 Å². The molecule has 0 saturated heterocycles. The van der Waals surface area contributed by atoms with E-state index in [0.29, 0.717) is 11.5 Å². The first-order valence-corrected chi connectivity index (χ1v) is 6.83.